The minimum atomic E-state index is 0.740. The Kier molecular flexibility index (Phi) is 15.7. The molecule has 1 unspecified atom stereocenters. The molecule has 0 aliphatic carbocycles. The number of hydrogen-bond donors (Lipinski definition) is 0. The van der Waals surface area contributed by atoms with Crippen molar-refractivity contribution in [3.8, 4) is 0 Å². The van der Waals surface area contributed by atoms with E-state index in [-0.39, 0.29) is 0 Å². The molecule has 0 fully saturated rings. The molecule has 0 rings (SSSR count). The van der Waals surface area contributed by atoms with Gasteiger partial charge in [0.15, 0.2) is 0 Å². The lowest BCUT2D eigenvalue weighted by atomic mass is 10.1. The number of rotatable bonds is 16. The summed E-state index contributed by atoms with van der Waals surface area (Å²) in [6, 6.07) is 0.740. The molecule has 0 aliphatic heterocycles. The van der Waals surface area contributed by atoms with Crippen LogP contribution in [0, 0.1) is 0 Å². The highest BCUT2D eigenvalue weighted by Crippen LogP contribution is 2.10. The highest BCUT2D eigenvalue weighted by atomic mass is 15.2. The molecule has 0 heterocycles. The van der Waals surface area contributed by atoms with Crippen LogP contribution < -0.4 is 0 Å². The fraction of sp³-hybridized carbons (Fsp3) is 1.00. The van der Waals surface area contributed by atoms with Crippen molar-refractivity contribution in [2.45, 2.75) is 98.4 Å². The van der Waals surface area contributed by atoms with E-state index in [1.807, 2.05) is 0 Å². The molecular weight excluding hydrogens is 268 g/mol. The molecular formula is C20H44N2. The first kappa shape index (κ1) is 21.9. The number of hydrogen-bond acceptors (Lipinski definition) is 2. The molecule has 22 heavy (non-hydrogen) atoms. The lowest BCUT2D eigenvalue weighted by Crippen LogP contribution is -2.38. The van der Waals surface area contributed by atoms with Gasteiger partial charge in [-0.1, -0.05) is 53.4 Å². The average Bonchev–Trinajstić information content (AvgIpc) is 2.54. The fourth-order valence-corrected chi connectivity index (χ4v) is 2.93. The average molecular weight is 313 g/mol. The molecule has 0 saturated carbocycles. The van der Waals surface area contributed by atoms with E-state index in [0.717, 1.165) is 6.04 Å². The van der Waals surface area contributed by atoms with Crippen molar-refractivity contribution in [2.75, 3.05) is 32.7 Å². The van der Waals surface area contributed by atoms with Crippen LogP contribution in [-0.4, -0.2) is 48.6 Å². The first-order valence-corrected chi connectivity index (χ1v) is 10.2. The lowest BCUT2D eigenvalue weighted by Gasteiger charge is -2.31. The molecule has 0 aromatic heterocycles. The smallest absolute Gasteiger partial charge is 0.00791 e. The third kappa shape index (κ3) is 11.5. The zero-order valence-electron chi connectivity index (χ0n) is 16.4. The Morgan fingerprint density at radius 1 is 0.591 bits per heavy atom. The van der Waals surface area contributed by atoms with E-state index in [0.29, 0.717) is 0 Å². The quantitative estimate of drug-likeness (QED) is 0.367. The van der Waals surface area contributed by atoms with Gasteiger partial charge in [0.2, 0.25) is 0 Å². The second kappa shape index (κ2) is 15.8. The normalized spacial score (nSPS) is 13.2. The zero-order valence-corrected chi connectivity index (χ0v) is 16.4. The first-order chi connectivity index (χ1) is 10.7. The predicted octanol–water partition coefficient (Wildman–Crippen LogP) is 5.57. The minimum Gasteiger partial charge on any atom is -0.303 e. The van der Waals surface area contributed by atoms with Gasteiger partial charge in [-0.15, -0.1) is 0 Å². The van der Waals surface area contributed by atoms with E-state index in [9.17, 15) is 0 Å². The zero-order chi connectivity index (χ0) is 16.6. The molecule has 2 heteroatoms. The maximum absolute atomic E-state index is 2.74. The Bertz CT molecular complexity index is 202. The SMILES string of the molecule is CCCCN(CCCC)CCC(C)N(CCCC)CCCC. The second-order valence-corrected chi connectivity index (χ2v) is 6.93. The summed E-state index contributed by atoms with van der Waals surface area (Å²) in [5.74, 6) is 0. The molecule has 0 spiro atoms. The Morgan fingerprint density at radius 2 is 1.00 bits per heavy atom. The van der Waals surface area contributed by atoms with Crippen LogP contribution in [0.1, 0.15) is 92.4 Å². The van der Waals surface area contributed by atoms with Gasteiger partial charge in [0, 0.05) is 6.04 Å². The highest BCUT2D eigenvalue weighted by molar-refractivity contribution is 4.70. The van der Waals surface area contributed by atoms with Crippen LogP contribution in [0.4, 0.5) is 0 Å². The number of unbranched alkanes of at least 4 members (excludes halogenated alkanes) is 4. The van der Waals surface area contributed by atoms with Crippen molar-refractivity contribution in [1.29, 1.82) is 0 Å². The largest absolute Gasteiger partial charge is 0.303 e. The Morgan fingerprint density at radius 3 is 1.41 bits per heavy atom. The molecule has 0 aromatic carbocycles. The molecule has 0 aliphatic rings. The van der Waals surface area contributed by atoms with Crippen molar-refractivity contribution in [1.82, 2.24) is 9.80 Å². The Balaban J connectivity index is 4.23. The third-order valence-electron chi connectivity index (χ3n) is 4.74. The van der Waals surface area contributed by atoms with Gasteiger partial charge in [0.25, 0.3) is 0 Å². The Labute approximate surface area is 141 Å². The Hall–Kier alpha value is -0.0800. The van der Waals surface area contributed by atoms with Crippen molar-refractivity contribution < 1.29 is 0 Å². The van der Waals surface area contributed by atoms with Crippen LogP contribution in [0.3, 0.4) is 0 Å². The summed E-state index contributed by atoms with van der Waals surface area (Å²) in [6.45, 7) is 18.1. The van der Waals surface area contributed by atoms with Crippen LogP contribution in [0.15, 0.2) is 0 Å². The molecule has 2 nitrogen and oxygen atoms in total. The molecule has 1 atom stereocenters. The van der Waals surface area contributed by atoms with E-state index in [4.69, 9.17) is 0 Å². The van der Waals surface area contributed by atoms with E-state index in [1.54, 1.807) is 0 Å². The van der Waals surface area contributed by atoms with E-state index >= 15 is 0 Å². The molecule has 0 amide bonds. The van der Waals surface area contributed by atoms with E-state index in [2.05, 4.69) is 44.4 Å². The summed E-state index contributed by atoms with van der Waals surface area (Å²) in [5.41, 5.74) is 0. The van der Waals surface area contributed by atoms with Gasteiger partial charge in [0.1, 0.15) is 0 Å². The van der Waals surface area contributed by atoms with E-state index in [1.165, 1.54) is 90.5 Å². The standard InChI is InChI=1S/C20H44N2/c1-6-10-15-21(16-11-7-2)19-14-20(5)22(17-12-8-3)18-13-9-4/h20H,6-19H2,1-5H3. The lowest BCUT2D eigenvalue weighted by molar-refractivity contribution is 0.168. The van der Waals surface area contributed by atoms with Crippen LogP contribution in [-0.2, 0) is 0 Å². The van der Waals surface area contributed by atoms with Gasteiger partial charge < -0.3 is 9.80 Å². The second-order valence-electron chi connectivity index (χ2n) is 6.93. The molecule has 0 aromatic rings. The van der Waals surface area contributed by atoms with Crippen molar-refractivity contribution in [3.63, 3.8) is 0 Å². The summed E-state index contributed by atoms with van der Waals surface area (Å²) in [6.07, 6.45) is 12.0. The summed E-state index contributed by atoms with van der Waals surface area (Å²) in [4.78, 5) is 5.45. The van der Waals surface area contributed by atoms with Gasteiger partial charge in [0.05, 0.1) is 0 Å². The maximum atomic E-state index is 2.74. The molecule has 0 radical (unpaired) electrons. The molecule has 0 saturated heterocycles. The number of nitrogens with zero attached hydrogens (tertiary/aromatic N) is 2. The van der Waals surface area contributed by atoms with Crippen molar-refractivity contribution in [2.24, 2.45) is 0 Å². The van der Waals surface area contributed by atoms with Gasteiger partial charge in [-0.2, -0.15) is 0 Å². The van der Waals surface area contributed by atoms with Gasteiger partial charge in [-0.3, -0.25) is 0 Å². The van der Waals surface area contributed by atoms with Crippen LogP contribution in [0.25, 0.3) is 0 Å². The minimum absolute atomic E-state index is 0.740. The summed E-state index contributed by atoms with van der Waals surface area (Å²) in [7, 11) is 0. The molecule has 0 bridgehead atoms. The molecule has 0 N–H and O–H groups in total. The first-order valence-electron chi connectivity index (χ1n) is 10.2. The monoisotopic (exact) mass is 312 g/mol. The van der Waals surface area contributed by atoms with Crippen molar-refractivity contribution in [3.05, 3.63) is 0 Å². The summed E-state index contributed by atoms with van der Waals surface area (Å²) < 4.78 is 0. The van der Waals surface area contributed by atoms with Crippen LogP contribution in [0.5, 0.6) is 0 Å². The van der Waals surface area contributed by atoms with Crippen LogP contribution >= 0.6 is 0 Å². The van der Waals surface area contributed by atoms with Gasteiger partial charge >= 0.3 is 0 Å². The predicted molar refractivity (Wildman–Crippen MR) is 102 cm³/mol. The highest BCUT2D eigenvalue weighted by Gasteiger charge is 2.14. The molecule has 134 valence electrons. The van der Waals surface area contributed by atoms with Gasteiger partial charge in [-0.05, 0) is 71.8 Å². The summed E-state index contributed by atoms with van der Waals surface area (Å²) in [5, 5.41) is 0. The third-order valence-corrected chi connectivity index (χ3v) is 4.74. The maximum Gasteiger partial charge on any atom is 0.00791 e. The summed E-state index contributed by atoms with van der Waals surface area (Å²) >= 11 is 0. The topological polar surface area (TPSA) is 6.48 Å². The van der Waals surface area contributed by atoms with Crippen molar-refractivity contribution >= 4 is 0 Å². The van der Waals surface area contributed by atoms with E-state index < -0.39 is 0 Å². The fourth-order valence-electron chi connectivity index (χ4n) is 2.93. The van der Waals surface area contributed by atoms with Crippen LogP contribution in [0.2, 0.25) is 0 Å². The van der Waals surface area contributed by atoms with Gasteiger partial charge in [-0.25, -0.2) is 0 Å².